The van der Waals surface area contributed by atoms with Crippen molar-refractivity contribution in [2.45, 2.75) is 24.9 Å². The van der Waals surface area contributed by atoms with Crippen LogP contribution >= 0.6 is 0 Å². The van der Waals surface area contributed by atoms with Gasteiger partial charge in [0.05, 0.1) is 18.8 Å². The van der Waals surface area contributed by atoms with Crippen LogP contribution in [0.3, 0.4) is 0 Å². The van der Waals surface area contributed by atoms with Gasteiger partial charge in [0.25, 0.3) is 11.5 Å². The second kappa shape index (κ2) is 9.35. The molecule has 3 N–H and O–H groups in total. The van der Waals surface area contributed by atoms with Gasteiger partial charge in [-0.05, 0) is 24.1 Å². The molecule has 1 amide bonds. The van der Waals surface area contributed by atoms with E-state index in [-0.39, 0.29) is 17.7 Å². The highest BCUT2D eigenvalue weighted by molar-refractivity contribution is 5.92. The lowest BCUT2D eigenvalue weighted by Gasteiger charge is -2.19. The molecule has 2 unspecified atom stereocenters. The third-order valence-corrected chi connectivity index (χ3v) is 4.74. The topological polar surface area (TPSA) is 117 Å². The number of rotatable bonds is 7. The van der Waals surface area contributed by atoms with Gasteiger partial charge in [0, 0.05) is 26.3 Å². The second-order valence-corrected chi connectivity index (χ2v) is 6.87. The Morgan fingerprint density at radius 2 is 2.10 bits per heavy atom. The standard InChI is InChI=1S/C19H21F3N4O5/c1-30-13-6-7-26(9-13)18-24-14(8-16(28)25-18)17(29)23-15(10-27)11-2-4-12(5-3-11)31-19(20,21)22/h2-5,8,13,15,27H,6-7,9-10H2,1H3,(H,23,29)(H,24,25,28). The fraction of sp³-hybridized carbons (Fsp3) is 0.421. The van der Waals surface area contributed by atoms with Crippen LogP contribution < -0.4 is 20.5 Å². The van der Waals surface area contributed by atoms with Gasteiger partial charge < -0.3 is 24.8 Å². The predicted octanol–water partition coefficient (Wildman–Crippen LogP) is 1.36. The first-order chi connectivity index (χ1) is 14.7. The number of methoxy groups -OCH3 is 1. The van der Waals surface area contributed by atoms with Gasteiger partial charge in [0.1, 0.15) is 11.4 Å². The first-order valence-electron chi connectivity index (χ1n) is 9.35. The van der Waals surface area contributed by atoms with Gasteiger partial charge >= 0.3 is 6.36 Å². The van der Waals surface area contributed by atoms with Crippen LogP contribution in [0, 0.1) is 0 Å². The maximum Gasteiger partial charge on any atom is 0.573 e. The molecule has 1 aromatic heterocycles. The average Bonchev–Trinajstić information content (AvgIpc) is 3.20. The van der Waals surface area contributed by atoms with Crippen molar-refractivity contribution in [3.63, 3.8) is 0 Å². The van der Waals surface area contributed by atoms with Crippen molar-refractivity contribution in [3.05, 3.63) is 51.9 Å². The van der Waals surface area contributed by atoms with Gasteiger partial charge in [-0.1, -0.05) is 12.1 Å². The molecule has 3 rings (SSSR count). The summed E-state index contributed by atoms with van der Waals surface area (Å²) in [5.74, 6) is -0.920. The van der Waals surface area contributed by atoms with E-state index in [1.54, 1.807) is 12.0 Å². The molecule has 0 aliphatic carbocycles. The SMILES string of the molecule is COC1CCN(c2nc(C(=O)NC(CO)c3ccc(OC(F)(F)F)cc3)cc(=O)[nH]2)C1. The molecule has 2 aromatic rings. The summed E-state index contributed by atoms with van der Waals surface area (Å²) >= 11 is 0. The number of ether oxygens (including phenoxy) is 2. The Hall–Kier alpha value is -3.12. The predicted molar refractivity (Wildman–Crippen MR) is 103 cm³/mol. The van der Waals surface area contributed by atoms with E-state index in [1.807, 2.05) is 0 Å². The monoisotopic (exact) mass is 442 g/mol. The van der Waals surface area contributed by atoms with Gasteiger partial charge in [-0.3, -0.25) is 14.6 Å². The third kappa shape index (κ3) is 5.95. The first kappa shape index (κ1) is 22.6. The Kier molecular flexibility index (Phi) is 6.81. The highest BCUT2D eigenvalue weighted by atomic mass is 19.4. The van der Waals surface area contributed by atoms with Crippen LogP contribution in [0.25, 0.3) is 0 Å². The molecule has 1 saturated heterocycles. The molecule has 12 heteroatoms. The van der Waals surface area contributed by atoms with Crippen molar-refractivity contribution in [2.75, 3.05) is 31.7 Å². The number of carbonyl (C=O) groups excluding carboxylic acids is 1. The summed E-state index contributed by atoms with van der Waals surface area (Å²) < 4.78 is 45.9. The number of aliphatic hydroxyl groups is 1. The summed E-state index contributed by atoms with van der Waals surface area (Å²) in [4.78, 5) is 33.2. The number of anilines is 1. The zero-order valence-corrected chi connectivity index (χ0v) is 16.5. The van der Waals surface area contributed by atoms with Crippen LogP contribution in [0.1, 0.15) is 28.5 Å². The van der Waals surface area contributed by atoms with Crippen LogP contribution in [0.5, 0.6) is 5.75 Å². The Bertz CT molecular complexity index is 964. The normalized spacial score (nSPS) is 17.5. The van der Waals surface area contributed by atoms with Crippen molar-refractivity contribution in [2.24, 2.45) is 0 Å². The number of aromatic amines is 1. The van der Waals surface area contributed by atoms with Gasteiger partial charge in [-0.15, -0.1) is 13.2 Å². The molecule has 1 fully saturated rings. The van der Waals surface area contributed by atoms with Gasteiger partial charge in [0.2, 0.25) is 5.95 Å². The number of carbonyl (C=O) groups is 1. The van der Waals surface area contributed by atoms with Gasteiger partial charge in [-0.25, -0.2) is 4.98 Å². The highest BCUT2D eigenvalue weighted by Gasteiger charge is 2.31. The lowest BCUT2D eigenvalue weighted by molar-refractivity contribution is -0.274. The van der Waals surface area contributed by atoms with E-state index in [0.29, 0.717) is 18.7 Å². The van der Waals surface area contributed by atoms with Crippen LogP contribution in [0.2, 0.25) is 0 Å². The first-order valence-corrected chi connectivity index (χ1v) is 9.35. The summed E-state index contributed by atoms with van der Waals surface area (Å²) in [6.45, 7) is 0.581. The third-order valence-electron chi connectivity index (χ3n) is 4.74. The Labute approximate surface area is 174 Å². The van der Waals surface area contributed by atoms with E-state index >= 15 is 0 Å². The molecule has 1 aliphatic heterocycles. The van der Waals surface area contributed by atoms with Crippen LogP contribution in [0.4, 0.5) is 19.1 Å². The molecule has 1 aromatic carbocycles. The van der Waals surface area contributed by atoms with Crippen molar-refractivity contribution in [1.29, 1.82) is 0 Å². The number of halogens is 3. The van der Waals surface area contributed by atoms with E-state index in [4.69, 9.17) is 4.74 Å². The van der Waals surface area contributed by atoms with Gasteiger partial charge in [0.15, 0.2) is 0 Å². The van der Waals surface area contributed by atoms with Crippen LogP contribution in [0.15, 0.2) is 35.1 Å². The fourth-order valence-electron chi connectivity index (χ4n) is 3.19. The van der Waals surface area contributed by atoms with Crippen molar-refractivity contribution >= 4 is 11.9 Å². The van der Waals surface area contributed by atoms with E-state index in [1.165, 1.54) is 12.1 Å². The second-order valence-electron chi connectivity index (χ2n) is 6.87. The molecule has 0 spiro atoms. The van der Waals surface area contributed by atoms with Crippen LogP contribution in [-0.4, -0.2) is 60.3 Å². The lowest BCUT2D eigenvalue weighted by atomic mass is 10.1. The van der Waals surface area contributed by atoms with Crippen LogP contribution in [-0.2, 0) is 4.74 Å². The van der Waals surface area contributed by atoms with E-state index in [9.17, 15) is 27.9 Å². The minimum Gasteiger partial charge on any atom is -0.406 e. The average molecular weight is 442 g/mol. The Morgan fingerprint density at radius 1 is 1.39 bits per heavy atom. The number of nitrogens with zero attached hydrogens (tertiary/aromatic N) is 2. The number of aromatic nitrogens is 2. The molecule has 0 radical (unpaired) electrons. The maximum absolute atomic E-state index is 12.6. The summed E-state index contributed by atoms with van der Waals surface area (Å²) in [6.07, 6.45) is -4.09. The Morgan fingerprint density at radius 3 is 2.68 bits per heavy atom. The molecular formula is C19H21F3N4O5. The number of amides is 1. The largest absolute Gasteiger partial charge is 0.573 e. The number of hydrogen-bond donors (Lipinski definition) is 3. The zero-order chi connectivity index (χ0) is 22.6. The maximum atomic E-state index is 12.6. The molecule has 31 heavy (non-hydrogen) atoms. The molecule has 9 nitrogen and oxygen atoms in total. The highest BCUT2D eigenvalue weighted by Crippen LogP contribution is 2.24. The van der Waals surface area contributed by atoms with E-state index < -0.39 is 36.2 Å². The molecule has 1 aliphatic rings. The quantitative estimate of drug-likeness (QED) is 0.593. The molecule has 2 atom stereocenters. The number of aliphatic hydroxyl groups excluding tert-OH is 1. The number of hydrogen-bond acceptors (Lipinski definition) is 7. The smallest absolute Gasteiger partial charge is 0.406 e. The minimum atomic E-state index is -4.82. The fourth-order valence-corrected chi connectivity index (χ4v) is 3.19. The summed E-state index contributed by atoms with van der Waals surface area (Å²) in [6, 6.07) is 4.81. The lowest BCUT2D eigenvalue weighted by Crippen LogP contribution is -2.33. The van der Waals surface area contributed by atoms with Crippen molar-refractivity contribution in [3.8, 4) is 5.75 Å². The number of alkyl halides is 3. The zero-order valence-electron chi connectivity index (χ0n) is 16.5. The van der Waals surface area contributed by atoms with Gasteiger partial charge in [-0.2, -0.15) is 0 Å². The summed E-state index contributed by atoms with van der Waals surface area (Å²) in [7, 11) is 1.59. The summed E-state index contributed by atoms with van der Waals surface area (Å²) in [5, 5.41) is 12.2. The minimum absolute atomic E-state index is 0.00847. The molecule has 0 saturated carbocycles. The van der Waals surface area contributed by atoms with E-state index in [2.05, 4.69) is 20.0 Å². The Balaban J connectivity index is 1.73. The number of benzene rings is 1. The molecular weight excluding hydrogens is 421 g/mol. The number of H-pyrrole nitrogens is 1. The molecule has 2 heterocycles. The number of nitrogens with one attached hydrogen (secondary N) is 2. The van der Waals surface area contributed by atoms with Crippen molar-refractivity contribution < 1.29 is 32.5 Å². The van der Waals surface area contributed by atoms with Crippen molar-refractivity contribution in [1.82, 2.24) is 15.3 Å². The summed E-state index contributed by atoms with van der Waals surface area (Å²) in [5.41, 5.74) is -0.335. The molecule has 168 valence electrons. The van der Waals surface area contributed by atoms with E-state index in [0.717, 1.165) is 24.6 Å². The molecule has 0 bridgehead atoms.